The number of hydrogen-bond donors (Lipinski definition) is 0. The second kappa shape index (κ2) is 10.5. The largest absolute Gasteiger partial charge is 0.255 e. The lowest BCUT2D eigenvalue weighted by Gasteiger charge is -2.08. The Morgan fingerprint density at radius 1 is 0.676 bits per heavy atom. The Hall–Kier alpha value is -2.79. The SMILES string of the molecule is CCCCCCc1ccc2cc3sc(-c4cc(-c5cc6ccccc6s5)ccc4S(C)=O)cc3cc2c1. The normalized spacial score (nSPS) is 12.6. The highest BCUT2D eigenvalue weighted by atomic mass is 32.2. The van der Waals surface area contributed by atoms with E-state index in [9.17, 15) is 4.21 Å². The summed E-state index contributed by atoms with van der Waals surface area (Å²) >= 11 is 3.61. The molecule has 1 unspecified atom stereocenters. The molecule has 0 saturated carbocycles. The number of hydrogen-bond acceptors (Lipinski definition) is 3. The first-order chi connectivity index (χ1) is 18.1. The Morgan fingerprint density at radius 3 is 2.35 bits per heavy atom. The van der Waals surface area contributed by atoms with Crippen molar-refractivity contribution in [3.05, 3.63) is 90.5 Å². The lowest BCUT2D eigenvalue weighted by molar-refractivity contribution is 0.667. The van der Waals surface area contributed by atoms with Gasteiger partial charge in [0, 0.05) is 35.9 Å². The van der Waals surface area contributed by atoms with Crippen LogP contribution in [0.25, 0.3) is 51.8 Å². The fraction of sp³-hybridized carbons (Fsp3) is 0.212. The van der Waals surface area contributed by atoms with E-state index in [0.29, 0.717) is 0 Å². The van der Waals surface area contributed by atoms with Gasteiger partial charge in [0.25, 0.3) is 0 Å². The summed E-state index contributed by atoms with van der Waals surface area (Å²) in [6.07, 6.45) is 8.10. The quantitative estimate of drug-likeness (QED) is 0.176. The minimum Gasteiger partial charge on any atom is -0.255 e. The molecule has 2 heterocycles. The van der Waals surface area contributed by atoms with Gasteiger partial charge in [-0.2, -0.15) is 0 Å². The van der Waals surface area contributed by atoms with Crippen molar-refractivity contribution < 1.29 is 4.21 Å². The van der Waals surface area contributed by atoms with E-state index in [1.165, 1.54) is 77.5 Å². The summed E-state index contributed by atoms with van der Waals surface area (Å²) < 4.78 is 15.3. The number of aryl methyl sites for hydroxylation is 1. The van der Waals surface area contributed by atoms with Crippen LogP contribution in [0.5, 0.6) is 0 Å². The van der Waals surface area contributed by atoms with Gasteiger partial charge in [0.05, 0.1) is 10.8 Å². The molecule has 4 aromatic carbocycles. The van der Waals surface area contributed by atoms with Crippen LogP contribution in [-0.4, -0.2) is 10.5 Å². The van der Waals surface area contributed by atoms with Gasteiger partial charge in [0.15, 0.2) is 0 Å². The van der Waals surface area contributed by atoms with Crippen molar-refractivity contribution in [2.24, 2.45) is 0 Å². The van der Waals surface area contributed by atoms with Gasteiger partial charge in [-0.15, -0.1) is 22.7 Å². The third-order valence-corrected chi connectivity index (χ3v) is 10.4. The topological polar surface area (TPSA) is 17.1 Å². The molecule has 186 valence electrons. The molecule has 0 bridgehead atoms. The lowest BCUT2D eigenvalue weighted by Crippen LogP contribution is -1.91. The molecule has 1 atom stereocenters. The van der Waals surface area contributed by atoms with Crippen LogP contribution in [-0.2, 0) is 17.2 Å². The molecule has 0 radical (unpaired) electrons. The predicted octanol–water partition coefficient (Wildman–Crippen LogP) is 10.5. The average molecular weight is 539 g/mol. The van der Waals surface area contributed by atoms with Gasteiger partial charge in [-0.3, -0.25) is 4.21 Å². The molecule has 2 aromatic heterocycles. The van der Waals surface area contributed by atoms with E-state index >= 15 is 0 Å². The summed E-state index contributed by atoms with van der Waals surface area (Å²) in [5, 5.41) is 5.13. The van der Waals surface area contributed by atoms with E-state index in [1.54, 1.807) is 17.6 Å². The number of rotatable bonds is 8. The summed E-state index contributed by atoms with van der Waals surface area (Å²) in [5.41, 5.74) is 3.69. The van der Waals surface area contributed by atoms with Crippen LogP contribution in [0.3, 0.4) is 0 Å². The number of unbranched alkanes of at least 4 members (excludes halogenated alkanes) is 3. The molecule has 6 aromatic rings. The summed E-state index contributed by atoms with van der Waals surface area (Å²) in [4.78, 5) is 3.32. The minimum absolute atomic E-state index is 0.898. The third-order valence-electron chi connectivity index (χ3n) is 7.12. The second-order valence-electron chi connectivity index (χ2n) is 9.81. The van der Waals surface area contributed by atoms with Crippen molar-refractivity contribution in [1.82, 2.24) is 0 Å². The number of fused-ring (bicyclic) bond motifs is 3. The van der Waals surface area contributed by atoms with Gasteiger partial charge < -0.3 is 0 Å². The van der Waals surface area contributed by atoms with E-state index < -0.39 is 10.8 Å². The van der Waals surface area contributed by atoms with Crippen molar-refractivity contribution in [2.75, 3.05) is 6.26 Å². The van der Waals surface area contributed by atoms with Gasteiger partial charge >= 0.3 is 0 Å². The molecule has 0 fully saturated rings. The molecule has 1 nitrogen and oxygen atoms in total. The smallest absolute Gasteiger partial charge is 0.0504 e. The molecule has 0 N–H and O–H groups in total. The highest BCUT2D eigenvalue weighted by Gasteiger charge is 2.15. The van der Waals surface area contributed by atoms with Gasteiger partial charge in [-0.25, -0.2) is 0 Å². The van der Waals surface area contributed by atoms with E-state index in [-0.39, 0.29) is 0 Å². The van der Waals surface area contributed by atoms with Gasteiger partial charge in [-0.05, 0) is 88.0 Å². The molecular weight excluding hydrogens is 509 g/mol. The maximum absolute atomic E-state index is 12.7. The zero-order chi connectivity index (χ0) is 25.4. The van der Waals surface area contributed by atoms with Crippen molar-refractivity contribution in [2.45, 2.75) is 43.9 Å². The number of thiophene rings is 2. The maximum Gasteiger partial charge on any atom is 0.0504 e. The van der Waals surface area contributed by atoms with E-state index in [4.69, 9.17) is 0 Å². The Morgan fingerprint density at radius 2 is 1.51 bits per heavy atom. The lowest BCUT2D eigenvalue weighted by atomic mass is 10.0. The fourth-order valence-electron chi connectivity index (χ4n) is 5.13. The summed E-state index contributed by atoms with van der Waals surface area (Å²) in [6.45, 7) is 2.26. The molecule has 0 saturated heterocycles. The predicted molar refractivity (Wildman–Crippen MR) is 166 cm³/mol. The van der Waals surface area contributed by atoms with Gasteiger partial charge in [0.1, 0.15) is 0 Å². The third kappa shape index (κ3) is 5.03. The van der Waals surface area contributed by atoms with Crippen LogP contribution in [0.4, 0.5) is 0 Å². The Balaban J connectivity index is 1.40. The molecule has 37 heavy (non-hydrogen) atoms. The molecule has 0 aliphatic rings. The van der Waals surface area contributed by atoms with Gasteiger partial charge in [-0.1, -0.05) is 68.7 Å². The Labute approximate surface area is 229 Å². The molecule has 6 rings (SSSR count). The van der Waals surface area contributed by atoms with Crippen LogP contribution in [0.2, 0.25) is 0 Å². The summed E-state index contributed by atoms with van der Waals surface area (Å²) in [6, 6.07) is 31.1. The molecular formula is C33H30OS3. The van der Waals surface area contributed by atoms with Crippen molar-refractivity contribution in [3.63, 3.8) is 0 Å². The zero-order valence-corrected chi connectivity index (χ0v) is 23.7. The van der Waals surface area contributed by atoms with Crippen molar-refractivity contribution >= 4 is 64.4 Å². The van der Waals surface area contributed by atoms with E-state index in [1.807, 2.05) is 11.3 Å². The number of benzene rings is 4. The Kier molecular flexibility index (Phi) is 6.98. The molecule has 0 spiro atoms. The molecule has 0 aliphatic heterocycles. The first kappa shape index (κ1) is 24.5. The van der Waals surface area contributed by atoms with Crippen LogP contribution in [0.15, 0.2) is 89.8 Å². The molecule has 4 heteroatoms. The van der Waals surface area contributed by atoms with Crippen molar-refractivity contribution in [1.29, 1.82) is 0 Å². The Bertz CT molecular complexity index is 1720. The first-order valence-corrected chi connectivity index (χ1v) is 16.2. The first-order valence-electron chi connectivity index (χ1n) is 13.0. The highest BCUT2D eigenvalue weighted by molar-refractivity contribution is 7.84. The van der Waals surface area contributed by atoms with Crippen LogP contribution in [0, 0.1) is 0 Å². The summed E-state index contributed by atoms with van der Waals surface area (Å²) in [5.74, 6) is 0. The standard InChI is InChI=1S/C33H30OS3/c1-3-4-5-6-9-22-12-13-23-19-31-27(17-26(23)16-22)21-32(36-31)28-18-25(14-15-33(28)37(2)34)30-20-24-10-7-8-11-29(24)35-30/h7-8,10-21H,3-6,9H2,1-2H3. The maximum atomic E-state index is 12.7. The minimum atomic E-state index is -1.06. The van der Waals surface area contributed by atoms with E-state index in [0.717, 1.165) is 16.9 Å². The van der Waals surface area contributed by atoms with Gasteiger partial charge in [0.2, 0.25) is 0 Å². The highest BCUT2D eigenvalue weighted by Crippen LogP contribution is 2.41. The molecule has 0 amide bonds. The van der Waals surface area contributed by atoms with Crippen LogP contribution >= 0.6 is 22.7 Å². The second-order valence-corrected chi connectivity index (χ2v) is 13.3. The van der Waals surface area contributed by atoms with Crippen LogP contribution < -0.4 is 0 Å². The zero-order valence-electron chi connectivity index (χ0n) is 21.3. The average Bonchev–Trinajstić information content (AvgIpc) is 3.53. The van der Waals surface area contributed by atoms with Crippen LogP contribution in [0.1, 0.15) is 38.2 Å². The fourth-order valence-corrected chi connectivity index (χ4v) is 8.11. The van der Waals surface area contributed by atoms with Crippen molar-refractivity contribution in [3.8, 4) is 20.9 Å². The molecule has 0 aliphatic carbocycles. The monoisotopic (exact) mass is 538 g/mol. The van der Waals surface area contributed by atoms with E-state index in [2.05, 4.69) is 91.9 Å². The summed E-state index contributed by atoms with van der Waals surface area (Å²) in [7, 11) is -1.06.